The molecule has 1 amide bonds. The van der Waals surface area contributed by atoms with Crippen LogP contribution in [0.5, 0.6) is 0 Å². The average molecular weight is 262 g/mol. The van der Waals surface area contributed by atoms with Crippen LogP contribution in [-0.4, -0.2) is 17.0 Å². The summed E-state index contributed by atoms with van der Waals surface area (Å²) < 4.78 is 35.7. The van der Waals surface area contributed by atoms with E-state index in [1.54, 1.807) is 0 Å². The van der Waals surface area contributed by atoms with E-state index in [1.807, 2.05) is 5.32 Å². The summed E-state index contributed by atoms with van der Waals surface area (Å²) in [6.45, 7) is 1.43. The number of alkyl halides is 3. The Morgan fingerprint density at radius 1 is 1.44 bits per heavy atom. The number of halogens is 3. The molecule has 0 saturated heterocycles. The molecule has 1 aromatic carbocycles. The molecule has 1 aromatic rings. The minimum Gasteiger partial charge on any atom is -0.326 e. The second kappa shape index (κ2) is 5.03. The average Bonchev–Trinajstić information content (AvgIpc) is 2.13. The highest BCUT2D eigenvalue weighted by atomic mass is 19.4. The first-order valence-electron chi connectivity index (χ1n) is 4.80. The molecule has 0 bridgehead atoms. The Balaban J connectivity index is 2.78. The van der Waals surface area contributed by atoms with Gasteiger partial charge in [0.2, 0.25) is 5.91 Å². The van der Waals surface area contributed by atoms with Crippen molar-refractivity contribution in [3.63, 3.8) is 0 Å². The van der Waals surface area contributed by atoms with Gasteiger partial charge in [0.05, 0.1) is 4.92 Å². The number of anilines is 1. The molecule has 0 atom stereocenters. The van der Waals surface area contributed by atoms with Crippen molar-refractivity contribution in [3.05, 3.63) is 33.9 Å². The Bertz CT molecular complexity index is 486. The molecular weight excluding hydrogens is 253 g/mol. The van der Waals surface area contributed by atoms with Gasteiger partial charge < -0.3 is 5.32 Å². The first-order chi connectivity index (χ1) is 8.19. The third-order valence-corrected chi connectivity index (χ3v) is 2.04. The zero-order valence-corrected chi connectivity index (χ0v) is 9.25. The first-order valence-corrected chi connectivity index (χ1v) is 4.80. The van der Waals surface area contributed by atoms with Crippen molar-refractivity contribution < 1.29 is 22.9 Å². The van der Waals surface area contributed by atoms with Crippen LogP contribution in [0, 0.1) is 17.0 Å². The summed E-state index contributed by atoms with van der Waals surface area (Å²) in [7, 11) is 0. The van der Waals surface area contributed by atoms with Gasteiger partial charge in [-0.15, -0.1) is 0 Å². The summed E-state index contributed by atoms with van der Waals surface area (Å²) in [5.74, 6) is -1.21. The van der Waals surface area contributed by atoms with E-state index in [2.05, 4.69) is 0 Å². The molecule has 0 aliphatic carbocycles. The summed E-state index contributed by atoms with van der Waals surface area (Å²) in [6, 6.07) is 3.55. The Labute approximate surface area is 99.8 Å². The van der Waals surface area contributed by atoms with E-state index in [0.717, 1.165) is 6.07 Å². The molecule has 1 N–H and O–H groups in total. The van der Waals surface area contributed by atoms with Crippen molar-refractivity contribution in [2.24, 2.45) is 0 Å². The molecule has 0 aliphatic rings. The van der Waals surface area contributed by atoms with Crippen LogP contribution in [0.25, 0.3) is 0 Å². The van der Waals surface area contributed by atoms with E-state index < -0.39 is 23.4 Å². The number of hydrogen-bond donors (Lipinski definition) is 1. The highest BCUT2D eigenvalue weighted by Crippen LogP contribution is 2.23. The highest BCUT2D eigenvalue weighted by Gasteiger charge is 2.31. The summed E-state index contributed by atoms with van der Waals surface area (Å²) in [6.07, 6.45) is -6.18. The third kappa shape index (κ3) is 4.04. The molecule has 0 aliphatic heterocycles. The van der Waals surface area contributed by atoms with Gasteiger partial charge in [-0.05, 0) is 19.1 Å². The standard InChI is InChI=1S/C10H9F3N2O3/c1-6-4-7(2-3-8(6)15(17)18)14-9(16)5-10(11,12)13/h2-4H,5H2,1H3,(H,14,16). The second-order valence-corrected chi connectivity index (χ2v) is 3.60. The fraction of sp³-hybridized carbons (Fsp3) is 0.300. The molecule has 0 aromatic heterocycles. The number of aryl methyl sites for hydroxylation is 1. The van der Waals surface area contributed by atoms with E-state index in [-0.39, 0.29) is 16.9 Å². The number of nitrogens with one attached hydrogen (secondary N) is 1. The fourth-order valence-electron chi connectivity index (χ4n) is 1.33. The van der Waals surface area contributed by atoms with Crippen molar-refractivity contribution >= 4 is 17.3 Å². The van der Waals surface area contributed by atoms with Gasteiger partial charge in [-0.3, -0.25) is 14.9 Å². The molecule has 0 heterocycles. The molecule has 18 heavy (non-hydrogen) atoms. The van der Waals surface area contributed by atoms with E-state index in [4.69, 9.17) is 0 Å². The van der Waals surface area contributed by atoms with Crippen LogP contribution < -0.4 is 5.32 Å². The maximum atomic E-state index is 11.9. The number of rotatable bonds is 3. The van der Waals surface area contributed by atoms with Gasteiger partial charge in [0, 0.05) is 17.3 Å². The molecule has 0 radical (unpaired) electrons. The van der Waals surface area contributed by atoms with Gasteiger partial charge in [0.25, 0.3) is 5.69 Å². The van der Waals surface area contributed by atoms with Crippen molar-refractivity contribution in [3.8, 4) is 0 Å². The largest absolute Gasteiger partial charge is 0.397 e. The normalized spacial score (nSPS) is 11.1. The monoisotopic (exact) mass is 262 g/mol. The maximum absolute atomic E-state index is 11.9. The molecule has 0 unspecified atom stereocenters. The maximum Gasteiger partial charge on any atom is 0.397 e. The van der Waals surface area contributed by atoms with Crippen LogP contribution in [-0.2, 0) is 4.79 Å². The van der Waals surface area contributed by atoms with Gasteiger partial charge in [-0.1, -0.05) is 0 Å². The first kappa shape index (κ1) is 13.9. The van der Waals surface area contributed by atoms with E-state index in [1.165, 1.54) is 19.1 Å². The van der Waals surface area contributed by atoms with Crippen molar-refractivity contribution in [1.29, 1.82) is 0 Å². The molecule has 0 spiro atoms. The Morgan fingerprint density at radius 3 is 2.50 bits per heavy atom. The Morgan fingerprint density at radius 2 is 2.06 bits per heavy atom. The zero-order chi connectivity index (χ0) is 13.9. The van der Waals surface area contributed by atoms with Crippen molar-refractivity contribution in [1.82, 2.24) is 0 Å². The van der Waals surface area contributed by atoms with Gasteiger partial charge in [-0.25, -0.2) is 0 Å². The molecule has 0 fully saturated rings. The summed E-state index contributed by atoms with van der Waals surface area (Å²) in [5.41, 5.74) is 0.181. The number of nitro groups is 1. The quantitative estimate of drug-likeness (QED) is 0.672. The molecule has 5 nitrogen and oxygen atoms in total. The summed E-state index contributed by atoms with van der Waals surface area (Å²) in [5, 5.41) is 12.5. The minimum absolute atomic E-state index is 0.0901. The SMILES string of the molecule is Cc1cc(NC(=O)CC(F)(F)F)ccc1[N+](=O)[O-]. The molecule has 98 valence electrons. The second-order valence-electron chi connectivity index (χ2n) is 3.60. The van der Waals surface area contributed by atoms with Crippen molar-refractivity contribution in [2.45, 2.75) is 19.5 Å². The molecule has 0 saturated carbocycles. The summed E-state index contributed by atoms with van der Waals surface area (Å²) >= 11 is 0. The van der Waals surface area contributed by atoms with E-state index in [0.29, 0.717) is 0 Å². The zero-order valence-electron chi connectivity index (χ0n) is 9.25. The van der Waals surface area contributed by atoms with Crippen LogP contribution in [0.1, 0.15) is 12.0 Å². The van der Waals surface area contributed by atoms with Crippen LogP contribution in [0.3, 0.4) is 0 Å². The Kier molecular flexibility index (Phi) is 3.89. The number of carbonyl (C=O) groups excluding carboxylic acids is 1. The number of carbonyl (C=O) groups is 1. The number of nitrogens with zero attached hydrogens (tertiary/aromatic N) is 1. The van der Waals surface area contributed by atoms with Gasteiger partial charge in [0.1, 0.15) is 6.42 Å². The summed E-state index contributed by atoms with van der Waals surface area (Å²) in [4.78, 5) is 20.9. The molecule has 8 heteroatoms. The van der Waals surface area contributed by atoms with Crippen LogP contribution >= 0.6 is 0 Å². The topological polar surface area (TPSA) is 72.2 Å². The minimum atomic E-state index is -4.58. The lowest BCUT2D eigenvalue weighted by atomic mass is 10.2. The van der Waals surface area contributed by atoms with Crippen molar-refractivity contribution in [2.75, 3.05) is 5.32 Å². The lowest BCUT2D eigenvalue weighted by molar-refractivity contribution is -0.385. The predicted octanol–water partition coefficient (Wildman–Crippen LogP) is 2.79. The molecular formula is C10H9F3N2O3. The van der Waals surface area contributed by atoms with Gasteiger partial charge in [0.15, 0.2) is 0 Å². The number of hydrogen-bond acceptors (Lipinski definition) is 3. The van der Waals surface area contributed by atoms with E-state index in [9.17, 15) is 28.1 Å². The lowest BCUT2D eigenvalue weighted by Gasteiger charge is -2.08. The van der Waals surface area contributed by atoms with E-state index >= 15 is 0 Å². The van der Waals surface area contributed by atoms with Crippen LogP contribution in [0.2, 0.25) is 0 Å². The number of benzene rings is 1. The van der Waals surface area contributed by atoms with Crippen LogP contribution in [0.4, 0.5) is 24.5 Å². The predicted molar refractivity (Wildman–Crippen MR) is 57.1 cm³/mol. The van der Waals surface area contributed by atoms with Crippen LogP contribution in [0.15, 0.2) is 18.2 Å². The number of nitro benzene ring substituents is 1. The Hall–Kier alpha value is -2.12. The number of amides is 1. The van der Waals surface area contributed by atoms with Gasteiger partial charge in [-0.2, -0.15) is 13.2 Å². The smallest absolute Gasteiger partial charge is 0.326 e. The highest BCUT2D eigenvalue weighted by molar-refractivity contribution is 5.91. The molecule has 1 rings (SSSR count). The van der Waals surface area contributed by atoms with Gasteiger partial charge >= 0.3 is 6.18 Å². The lowest BCUT2D eigenvalue weighted by Crippen LogP contribution is -2.21. The third-order valence-electron chi connectivity index (χ3n) is 2.04. The fourth-order valence-corrected chi connectivity index (χ4v) is 1.33.